The molecule has 40 heavy (non-hydrogen) atoms. The van der Waals surface area contributed by atoms with Gasteiger partial charge in [0.15, 0.2) is 11.4 Å². The first-order chi connectivity index (χ1) is 19.3. The average molecular weight is 591 g/mol. The lowest BCUT2D eigenvalue weighted by atomic mass is 10.00. The van der Waals surface area contributed by atoms with Crippen molar-refractivity contribution in [3.8, 4) is 0 Å². The summed E-state index contributed by atoms with van der Waals surface area (Å²) in [7, 11) is 0. The Labute approximate surface area is 243 Å². The first-order valence-corrected chi connectivity index (χ1v) is 14.1. The number of amides is 1. The third-order valence-electron chi connectivity index (χ3n) is 6.76. The van der Waals surface area contributed by atoms with Crippen LogP contribution < -0.4 is 5.32 Å². The van der Waals surface area contributed by atoms with Crippen molar-refractivity contribution in [3.05, 3.63) is 81.9 Å². The number of rotatable bonds is 13. The minimum atomic E-state index is -0.791. The second-order valence-electron chi connectivity index (χ2n) is 9.81. The largest absolute Gasteiger partial charge is 0.481 e. The topological polar surface area (TPSA) is 123 Å². The Balaban J connectivity index is 1.39. The Morgan fingerprint density at radius 3 is 2.25 bits per heavy atom. The lowest BCUT2D eigenvalue weighted by Crippen LogP contribution is -2.32. The quantitative estimate of drug-likeness (QED) is 0.200. The van der Waals surface area contributed by atoms with Gasteiger partial charge in [0.05, 0.1) is 31.7 Å². The Hall–Kier alpha value is -2.95. The van der Waals surface area contributed by atoms with E-state index >= 15 is 0 Å². The summed E-state index contributed by atoms with van der Waals surface area (Å²) in [5.74, 6) is -0.876. The van der Waals surface area contributed by atoms with Gasteiger partial charge >= 0.3 is 5.97 Å². The first kappa shape index (κ1) is 30.0. The highest BCUT2D eigenvalue weighted by Gasteiger charge is 2.33. The predicted octanol–water partition coefficient (Wildman–Crippen LogP) is 6.29. The van der Waals surface area contributed by atoms with Crippen LogP contribution in [0.1, 0.15) is 74.0 Å². The summed E-state index contributed by atoms with van der Waals surface area (Å²) in [5, 5.41) is 21.6. The molecule has 2 aromatic carbocycles. The van der Waals surface area contributed by atoms with E-state index in [2.05, 4.69) is 10.3 Å². The van der Waals surface area contributed by atoms with E-state index in [0.29, 0.717) is 43.1 Å². The fourth-order valence-corrected chi connectivity index (χ4v) is 4.90. The molecule has 1 aliphatic heterocycles. The number of nitrogens with zero attached hydrogens (tertiary/aromatic N) is 2. The Bertz CT molecular complexity index is 1270. The van der Waals surface area contributed by atoms with Crippen LogP contribution >= 0.6 is 23.2 Å². The molecule has 0 radical (unpaired) electrons. The molecule has 0 aliphatic carbocycles. The van der Waals surface area contributed by atoms with Crippen molar-refractivity contribution in [2.45, 2.75) is 76.6 Å². The maximum absolute atomic E-state index is 12.3. The molecule has 1 amide bonds. The number of carbonyl (C=O) groups is 2. The molecule has 9 nitrogen and oxygen atoms in total. The standard InChI is InChI=1S/C29H33Cl2N3O6/c30-27-28(31)34(18-32-27)16-23-15-24(20-9-7-19(17-35)8-10-20)40-29(39-23)21-11-13-22(14-12-21)33-25(36)5-3-1-2-4-6-26(37)38/h7-14,18,23-24,29,35H,1-6,15-17H2,(H,33,36)(H,37,38)/t23-,24+,29+/m1/s1. The number of nitrogens with one attached hydrogen (secondary N) is 1. The molecule has 2 heterocycles. The molecule has 1 aliphatic rings. The van der Waals surface area contributed by atoms with Gasteiger partial charge in [0.1, 0.15) is 5.15 Å². The minimum absolute atomic E-state index is 0.0320. The Kier molecular flexibility index (Phi) is 11.0. The molecule has 0 saturated carbocycles. The highest BCUT2D eigenvalue weighted by atomic mass is 35.5. The number of carbonyl (C=O) groups excluding carboxylic acids is 1. The van der Waals surface area contributed by atoms with E-state index in [1.165, 1.54) is 0 Å². The predicted molar refractivity (Wildman–Crippen MR) is 151 cm³/mol. The fraction of sp³-hybridized carbons (Fsp3) is 0.414. The minimum Gasteiger partial charge on any atom is -0.481 e. The van der Waals surface area contributed by atoms with E-state index in [1.54, 1.807) is 10.9 Å². The van der Waals surface area contributed by atoms with Crippen LogP contribution in [0.3, 0.4) is 0 Å². The highest BCUT2D eigenvalue weighted by Crippen LogP contribution is 2.39. The first-order valence-electron chi connectivity index (χ1n) is 13.3. The summed E-state index contributed by atoms with van der Waals surface area (Å²) in [6.45, 7) is 0.407. The van der Waals surface area contributed by atoms with Crippen LogP contribution in [0.2, 0.25) is 10.3 Å². The van der Waals surface area contributed by atoms with Crippen LogP contribution in [0.5, 0.6) is 0 Å². The molecule has 0 spiro atoms. The monoisotopic (exact) mass is 589 g/mol. The van der Waals surface area contributed by atoms with Crippen molar-refractivity contribution in [2.75, 3.05) is 5.32 Å². The molecule has 1 fully saturated rings. The molecule has 3 N–H and O–H groups in total. The zero-order valence-corrected chi connectivity index (χ0v) is 23.5. The maximum Gasteiger partial charge on any atom is 0.303 e. The summed E-state index contributed by atoms with van der Waals surface area (Å²) in [4.78, 5) is 27.0. The summed E-state index contributed by atoms with van der Waals surface area (Å²) in [5.41, 5.74) is 3.26. The van der Waals surface area contributed by atoms with Gasteiger partial charge in [0.2, 0.25) is 5.91 Å². The van der Waals surface area contributed by atoms with Crippen molar-refractivity contribution >= 4 is 40.8 Å². The third kappa shape index (κ3) is 8.52. The highest BCUT2D eigenvalue weighted by molar-refractivity contribution is 6.40. The maximum atomic E-state index is 12.3. The number of halogens is 2. The number of aliphatic carboxylic acids is 1. The van der Waals surface area contributed by atoms with Crippen molar-refractivity contribution in [1.82, 2.24) is 9.55 Å². The van der Waals surface area contributed by atoms with Crippen molar-refractivity contribution in [1.29, 1.82) is 0 Å². The van der Waals surface area contributed by atoms with Gasteiger partial charge in [0, 0.05) is 30.5 Å². The SMILES string of the molecule is O=C(O)CCCCCCC(=O)Nc1ccc([C@H]2O[C@@H](Cn3cnc(Cl)c3Cl)C[C@@H](c3ccc(CO)cc3)O2)cc1. The Morgan fingerprint density at radius 1 is 0.950 bits per heavy atom. The van der Waals surface area contributed by atoms with E-state index < -0.39 is 12.3 Å². The van der Waals surface area contributed by atoms with Crippen LogP contribution in [0, 0.1) is 0 Å². The van der Waals surface area contributed by atoms with Gasteiger partial charge in [0.25, 0.3) is 0 Å². The molecule has 214 valence electrons. The summed E-state index contributed by atoms with van der Waals surface area (Å²) < 4.78 is 14.4. The van der Waals surface area contributed by atoms with Gasteiger partial charge in [-0.1, -0.05) is 72.4 Å². The molecule has 3 atom stereocenters. The number of unbranched alkanes of at least 4 members (excludes halogenated alkanes) is 3. The number of ether oxygens (including phenoxy) is 2. The van der Waals surface area contributed by atoms with Crippen molar-refractivity contribution in [3.63, 3.8) is 0 Å². The molecule has 3 aromatic rings. The van der Waals surface area contributed by atoms with E-state index in [-0.39, 0.29) is 36.3 Å². The number of benzene rings is 2. The summed E-state index contributed by atoms with van der Waals surface area (Å²) in [6.07, 6.45) is 4.48. The second-order valence-corrected chi connectivity index (χ2v) is 10.5. The van der Waals surface area contributed by atoms with Gasteiger partial charge in [-0.2, -0.15) is 0 Å². The normalized spacial score (nSPS) is 18.9. The van der Waals surface area contributed by atoms with Crippen LogP contribution in [-0.4, -0.2) is 37.7 Å². The Morgan fingerprint density at radius 2 is 1.62 bits per heavy atom. The number of carboxylic acid groups (broad SMARTS) is 1. The molecule has 1 aromatic heterocycles. The zero-order chi connectivity index (χ0) is 28.5. The van der Waals surface area contributed by atoms with E-state index in [0.717, 1.165) is 29.5 Å². The van der Waals surface area contributed by atoms with Gasteiger partial charge < -0.3 is 29.6 Å². The third-order valence-corrected chi connectivity index (χ3v) is 7.53. The molecule has 1 saturated heterocycles. The number of carboxylic acids is 1. The van der Waals surface area contributed by atoms with E-state index in [9.17, 15) is 14.7 Å². The number of anilines is 1. The van der Waals surface area contributed by atoms with Crippen molar-refractivity contribution < 1.29 is 29.3 Å². The number of imidazole rings is 1. The number of aromatic nitrogens is 2. The van der Waals surface area contributed by atoms with E-state index in [4.69, 9.17) is 37.8 Å². The number of hydrogen-bond donors (Lipinski definition) is 3. The van der Waals surface area contributed by atoms with Gasteiger partial charge in [-0.25, -0.2) is 4.98 Å². The summed E-state index contributed by atoms with van der Waals surface area (Å²) in [6, 6.07) is 15.0. The van der Waals surface area contributed by atoms with Gasteiger partial charge in [-0.15, -0.1) is 0 Å². The van der Waals surface area contributed by atoms with Crippen LogP contribution in [-0.2, 0) is 32.2 Å². The molecular weight excluding hydrogens is 557 g/mol. The van der Waals surface area contributed by atoms with Gasteiger partial charge in [-0.3, -0.25) is 9.59 Å². The second kappa shape index (κ2) is 14.6. The van der Waals surface area contributed by atoms with Crippen molar-refractivity contribution in [2.24, 2.45) is 0 Å². The fourth-order valence-electron chi connectivity index (χ4n) is 4.58. The molecule has 0 bridgehead atoms. The number of aliphatic hydroxyl groups is 1. The molecular formula is C29H33Cl2N3O6. The van der Waals surface area contributed by atoms with E-state index in [1.807, 2.05) is 48.5 Å². The molecule has 11 heteroatoms. The number of hydrogen-bond acceptors (Lipinski definition) is 6. The van der Waals surface area contributed by atoms with Crippen LogP contribution in [0.15, 0.2) is 54.9 Å². The summed E-state index contributed by atoms with van der Waals surface area (Å²) >= 11 is 12.3. The lowest BCUT2D eigenvalue weighted by Gasteiger charge is -2.36. The zero-order valence-electron chi connectivity index (χ0n) is 22.0. The lowest BCUT2D eigenvalue weighted by molar-refractivity contribution is -0.252. The average Bonchev–Trinajstić information content (AvgIpc) is 3.27. The molecule has 4 rings (SSSR count). The van der Waals surface area contributed by atoms with Crippen LogP contribution in [0.25, 0.3) is 0 Å². The van der Waals surface area contributed by atoms with Gasteiger partial charge in [-0.05, 0) is 36.1 Å². The smallest absolute Gasteiger partial charge is 0.303 e. The molecule has 0 unspecified atom stereocenters. The van der Waals surface area contributed by atoms with Crippen LogP contribution in [0.4, 0.5) is 5.69 Å². The number of aliphatic hydroxyl groups excluding tert-OH is 1.